The second kappa shape index (κ2) is 12.4. The zero-order valence-corrected chi connectivity index (χ0v) is 22.2. The number of ether oxygens (including phenoxy) is 1. The third-order valence-corrected chi connectivity index (χ3v) is 7.39. The lowest BCUT2D eigenvalue weighted by Crippen LogP contribution is -2.52. The smallest absolute Gasteiger partial charge is 0.447 e. The van der Waals surface area contributed by atoms with Crippen molar-refractivity contribution in [2.45, 2.75) is 69.4 Å². The second-order valence-electron chi connectivity index (χ2n) is 10.9. The lowest BCUT2D eigenvalue weighted by atomic mass is 9.76. The maximum Gasteiger partial charge on any atom is 0.475 e. The molecule has 2 fully saturated rings. The van der Waals surface area contributed by atoms with Gasteiger partial charge in [0.2, 0.25) is 0 Å². The van der Waals surface area contributed by atoms with Crippen LogP contribution in [-0.2, 0) is 16.0 Å². The molecule has 0 aliphatic carbocycles. The van der Waals surface area contributed by atoms with Crippen molar-refractivity contribution < 1.29 is 37.5 Å². The van der Waals surface area contributed by atoms with E-state index in [9.17, 15) is 38.1 Å². The minimum absolute atomic E-state index is 0.00432. The van der Waals surface area contributed by atoms with Crippen LogP contribution in [0.15, 0.2) is 35.9 Å². The van der Waals surface area contributed by atoms with Gasteiger partial charge in [-0.2, -0.15) is 5.26 Å². The van der Waals surface area contributed by atoms with Crippen molar-refractivity contribution in [3.63, 3.8) is 0 Å². The van der Waals surface area contributed by atoms with Crippen LogP contribution in [0.4, 0.5) is 18.0 Å². The van der Waals surface area contributed by atoms with Gasteiger partial charge >= 0.3 is 13.2 Å². The topological polar surface area (TPSA) is 126 Å². The van der Waals surface area contributed by atoms with E-state index in [1.807, 2.05) is 6.07 Å². The standard InChI is InChI=1S/C26H34BF3N4O5/c1-25(2,33-14-20(29)21(30)15-33)12-18(13-31)23(35)34-10-4-9-26(34,3)16-39-24(36)32-22(27(37)38)11-17-5-7-19(28)8-6-17/h5-8,12,20-22,37-38H,4,9-11,14-16H2,1-3H3,(H,32,36)/b18-12+/t20-,21+,22-,26+/m0/s1. The van der Waals surface area contributed by atoms with E-state index in [1.54, 1.807) is 25.7 Å². The molecule has 13 heteroatoms. The number of hydrogen-bond donors (Lipinski definition) is 3. The van der Waals surface area contributed by atoms with Crippen LogP contribution in [0.25, 0.3) is 0 Å². The van der Waals surface area contributed by atoms with E-state index >= 15 is 0 Å². The molecule has 4 atom stereocenters. The number of nitrogens with zero attached hydrogens (tertiary/aromatic N) is 3. The summed E-state index contributed by atoms with van der Waals surface area (Å²) >= 11 is 0. The second-order valence-corrected chi connectivity index (χ2v) is 10.9. The Labute approximate surface area is 226 Å². The number of likely N-dealkylation sites (tertiary alicyclic amines) is 2. The van der Waals surface area contributed by atoms with Crippen LogP contribution >= 0.6 is 0 Å². The number of alkyl carbamates (subject to hydrolysis) is 1. The molecule has 0 bridgehead atoms. The van der Waals surface area contributed by atoms with Crippen molar-refractivity contribution in [1.29, 1.82) is 5.26 Å². The Morgan fingerprint density at radius 3 is 2.46 bits per heavy atom. The van der Waals surface area contributed by atoms with Gasteiger partial charge in [-0.1, -0.05) is 12.1 Å². The van der Waals surface area contributed by atoms with Gasteiger partial charge in [0.25, 0.3) is 5.91 Å². The number of amides is 2. The zero-order valence-electron chi connectivity index (χ0n) is 22.2. The van der Waals surface area contributed by atoms with Crippen molar-refractivity contribution in [2.75, 3.05) is 26.2 Å². The number of carbonyl (C=O) groups is 2. The Kier molecular flexibility index (Phi) is 9.69. The Bertz CT molecular complexity index is 1100. The molecule has 2 aliphatic heterocycles. The van der Waals surface area contributed by atoms with Gasteiger partial charge in [0, 0.05) is 25.2 Å². The molecule has 2 heterocycles. The maximum atomic E-state index is 13.8. The van der Waals surface area contributed by atoms with Crippen LogP contribution in [0, 0.1) is 17.1 Å². The first-order valence-electron chi connectivity index (χ1n) is 12.8. The van der Waals surface area contributed by atoms with Crippen molar-refractivity contribution in [3.8, 4) is 6.07 Å². The van der Waals surface area contributed by atoms with Crippen LogP contribution in [0.5, 0.6) is 0 Å². The predicted octanol–water partition coefficient (Wildman–Crippen LogP) is 2.08. The molecular formula is C26H34BF3N4O5. The summed E-state index contributed by atoms with van der Waals surface area (Å²) in [7, 11) is -1.91. The predicted molar refractivity (Wildman–Crippen MR) is 137 cm³/mol. The number of alkyl halides is 2. The number of hydrogen-bond acceptors (Lipinski definition) is 7. The van der Waals surface area contributed by atoms with Crippen LogP contribution in [0.2, 0.25) is 0 Å². The highest BCUT2D eigenvalue weighted by Gasteiger charge is 2.44. The van der Waals surface area contributed by atoms with Gasteiger partial charge in [0.15, 0.2) is 0 Å². The summed E-state index contributed by atoms with van der Waals surface area (Å²) in [5.41, 5.74) is -1.52. The van der Waals surface area contributed by atoms with Crippen LogP contribution in [0.3, 0.4) is 0 Å². The van der Waals surface area contributed by atoms with Crippen molar-refractivity contribution >= 4 is 19.1 Å². The van der Waals surface area contributed by atoms with E-state index in [4.69, 9.17) is 4.74 Å². The number of halogens is 3. The molecule has 3 rings (SSSR count). The molecule has 0 aromatic heterocycles. The fourth-order valence-corrected chi connectivity index (χ4v) is 4.97. The average molecular weight is 550 g/mol. The summed E-state index contributed by atoms with van der Waals surface area (Å²) in [6.07, 6.45) is -1.72. The van der Waals surface area contributed by atoms with E-state index in [0.717, 1.165) is 0 Å². The minimum Gasteiger partial charge on any atom is -0.447 e. The SMILES string of the molecule is CC(C)(/C=C(\C#N)C(=O)N1CCC[C@]1(C)COC(=O)N[C@@H](Cc1ccc(F)cc1)B(O)O)N1C[C@@H](F)[C@@H](F)C1. The first-order chi connectivity index (χ1) is 18.3. The fraction of sp³-hybridized carbons (Fsp3) is 0.577. The molecule has 1 aromatic carbocycles. The van der Waals surface area contributed by atoms with Crippen molar-refractivity contribution in [2.24, 2.45) is 0 Å². The normalized spacial score (nSPS) is 24.8. The molecule has 0 radical (unpaired) electrons. The molecule has 0 saturated carbocycles. The van der Waals surface area contributed by atoms with E-state index < -0.39 is 54.3 Å². The Morgan fingerprint density at radius 1 is 1.28 bits per heavy atom. The monoisotopic (exact) mass is 550 g/mol. The number of nitriles is 1. The fourth-order valence-electron chi connectivity index (χ4n) is 4.97. The Hall–Kier alpha value is -3.08. The van der Waals surface area contributed by atoms with Gasteiger partial charge < -0.3 is 25.0 Å². The molecule has 2 saturated heterocycles. The lowest BCUT2D eigenvalue weighted by Gasteiger charge is -2.36. The Balaban J connectivity index is 1.64. The highest BCUT2D eigenvalue weighted by molar-refractivity contribution is 6.43. The van der Waals surface area contributed by atoms with Gasteiger partial charge in [-0.15, -0.1) is 0 Å². The molecule has 2 amide bonds. The highest BCUT2D eigenvalue weighted by Crippen LogP contribution is 2.32. The van der Waals surface area contributed by atoms with Gasteiger partial charge in [0.05, 0.1) is 11.5 Å². The Morgan fingerprint density at radius 2 is 1.90 bits per heavy atom. The highest BCUT2D eigenvalue weighted by atomic mass is 19.2. The molecular weight excluding hydrogens is 516 g/mol. The summed E-state index contributed by atoms with van der Waals surface area (Å²) in [6, 6.07) is 7.25. The maximum absolute atomic E-state index is 13.8. The third kappa shape index (κ3) is 7.53. The number of benzene rings is 1. The number of rotatable bonds is 9. The summed E-state index contributed by atoms with van der Waals surface area (Å²) in [5, 5.41) is 31.5. The van der Waals surface area contributed by atoms with Crippen LogP contribution in [-0.4, -0.2) is 94.6 Å². The summed E-state index contributed by atoms with van der Waals surface area (Å²) in [6.45, 7) is 4.86. The number of nitrogens with one attached hydrogen (secondary N) is 1. The molecule has 212 valence electrons. The van der Waals surface area contributed by atoms with Crippen LogP contribution in [0.1, 0.15) is 39.2 Å². The quantitative estimate of drug-likeness (QED) is 0.244. The summed E-state index contributed by atoms with van der Waals surface area (Å²) in [4.78, 5) is 28.9. The number of carbonyl (C=O) groups excluding carboxylic acids is 2. The van der Waals surface area contributed by atoms with E-state index in [0.29, 0.717) is 24.9 Å². The van der Waals surface area contributed by atoms with Gasteiger partial charge in [0.1, 0.15) is 36.4 Å². The molecule has 39 heavy (non-hydrogen) atoms. The summed E-state index contributed by atoms with van der Waals surface area (Å²) in [5.74, 6) is -2.17. The average Bonchev–Trinajstić information content (AvgIpc) is 3.44. The first kappa shape index (κ1) is 30.5. The van der Waals surface area contributed by atoms with Gasteiger partial charge in [-0.3, -0.25) is 9.69 Å². The first-order valence-corrected chi connectivity index (χ1v) is 12.8. The zero-order chi connectivity index (χ0) is 29.0. The molecule has 2 aliphatic rings. The van der Waals surface area contributed by atoms with E-state index in [-0.39, 0.29) is 31.7 Å². The molecule has 0 spiro atoms. The van der Waals surface area contributed by atoms with E-state index in [1.165, 1.54) is 35.2 Å². The van der Waals surface area contributed by atoms with Crippen LogP contribution < -0.4 is 5.32 Å². The van der Waals surface area contributed by atoms with E-state index in [2.05, 4.69) is 5.32 Å². The summed E-state index contributed by atoms with van der Waals surface area (Å²) < 4.78 is 46.0. The van der Waals surface area contributed by atoms with Gasteiger partial charge in [-0.05, 0) is 63.8 Å². The van der Waals surface area contributed by atoms with Crippen molar-refractivity contribution in [1.82, 2.24) is 15.1 Å². The molecule has 0 unspecified atom stereocenters. The largest absolute Gasteiger partial charge is 0.475 e. The third-order valence-electron chi connectivity index (χ3n) is 7.39. The van der Waals surface area contributed by atoms with Gasteiger partial charge in [-0.25, -0.2) is 18.0 Å². The lowest BCUT2D eigenvalue weighted by molar-refractivity contribution is -0.131. The molecule has 3 N–H and O–H groups in total. The molecule has 1 aromatic rings. The van der Waals surface area contributed by atoms with Crippen molar-refractivity contribution in [3.05, 3.63) is 47.3 Å². The molecule has 9 nitrogen and oxygen atoms in total. The minimum atomic E-state index is -1.91.